The Kier molecular flexibility index (Phi) is 5.63. The highest BCUT2D eigenvalue weighted by Gasteiger charge is 2.21. The zero-order valence-electron chi connectivity index (χ0n) is 26.8. The van der Waals surface area contributed by atoms with E-state index >= 15 is 0 Å². The van der Waals surface area contributed by atoms with Crippen molar-refractivity contribution in [3.05, 3.63) is 164 Å². The molecule has 0 radical (unpaired) electrons. The first-order valence-electron chi connectivity index (χ1n) is 16.9. The van der Waals surface area contributed by atoms with E-state index in [0.29, 0.717) is 5.95 Å². The van der Waals surface area contributed by atoms with Crippen LogP contribution in [0.5, 0.6) is 0 Å². The lowest BCUT2D eigenvalue weighted by Crippen LogP contribution is -2.03. The second-order valence-electron chi connectivity index (χ2n) is 13.0. The van der Waals surface area contributed by atoms with Crippen LogP contribution in [-0.2, 0) is 0 Å². The molecule has 0 spiro atoms. The van der Waals surface area contributed by atoms with Gasteiger partial charge < -0.3 is 4.42 Å². The summed E-state index contributed by atoms with van der Waals surface area (Å²) >= 11 is 0. The summed E-state index contributed by atoms with van der Waals surface area (Å²) in [6.45, 7) is 0. The van der Waals surface area contributed by atoms with Crippen LogP contribution in [0, 0.1) is 0 Å². The predicted octanol–water partition coefficient (Wildman–Crippen LogP) is 12.3. The van der Waals surface area contributed by atoms with Gasteiger partial charge >= 0.3 is 0 Å². The molecule has 8 aromatic carbocycles. The van der Waals surface area contributed by atoms with E-state index in [9.17, 15) is 0 Å². The van der Waals surface area contributed by atoms with Crippen LogP contribution in [0.2, 0.25) is 0 Å². The molecule has 3 heterocycles. The zero-order chi connectivity index (χ0) is 32.8. The van der Waals surface area contributed by atoms with Crippen molar-refractivity contribution in [2.75, 3.05) is 0 Å². The fourth-order valence-electron chi connectivity index (χ4n) is 7.90. The number of hydrogen-bond donors (Lipinski definition) is 0. The Morgan fingerprint density at radius 3 is 1.96 bits per heavy atom. The third kappa shape index (κ3) is 3.93. The minimum atomic E-state index is 0.634. The number of nitrogens with zero attached hydrogens (tertiary/aromatic N) is 3. The second kappa shape index (κ2) is 10.4. The van der Waals surface area contributed by atoms with Crippen molar-refractivity contribution < 1.29 is 4.42 Å². The molecule has 0 saturated carbocycles. The van der Waals surface area contributed by atoms with E-state index in [1.807, 2.05) is 6.07 Å². The highest BCUT2D eigenvalue weighted by atomic mass is 16.3. The molecule has 4 heteroatoms. The third-order valence-corrected chi connectivity index (χ3v) is 10.2. The molecule has 0 N–H and O–H groups in total. The standard InChI is InChI=1S/C46H27N3O/c1-2-12-28(13-3-1)37-27-41-44(34-17-7-6-16-32(34)37)36-19-9-11-21-40(36)49(41)46-47-39-20-10-8-18-35(39)45(48-46)31-22-23-33-38-24-29-14-4-5-15-30(29)25-43(38)50-42(33)26-31/h1-27H. The molecule has 4 nitrogen and oxygen atoms in total. The van der Waals surface area contributed by atoms with Crippen LogP contribution < -0.4 is 0 Å². The zero-order valence-corrected chi connectivity index (χ0v) is 26.8. The molecule has 0 aliphatic rings. The molecule has 0 bridgehead atoms. The highest BCUT2D eigenvalue weighted by Crippen LogP contribution is 2.42. The number of aromatic nitrogens is 3. The summed E-state index contributed by atoms with van der Waals surface area (Å²) in [5.41, 5.74) is 8.97. The van der Waals surface area contributed by atoms with Gasteiger partial charge in [0.1, 0.15) is 11.2 Å². The van der Waals surface area contributed by atoms with Gasteiger partial charge in [0.25, 0.3) is 0 Å². The first kappa shape index (κ1) is 27.2. The molecule has 50 heavy (non-hydrogen) atoms. The Labute approximate surface area is 286 Å². The van der Waals surface area contributed by atoms with Crippen LogP contribution in [0.3, 0.4) is 0 Å². The largest absolute Gasteiger partial charge is 0.456 e. The Morgan fingerprint density at radius 1 is 0.420 bits per heavy atom. The molecule has 0 fully saturated rings. The lowest BCUT2D eigenvalue weighted by Gasteiger charge is -2.13. The maximum Gasteiger partial charge on any atom is 0.235 e. The summed E-state index contributed by atoms with van der Waals surface area (Å²) in [6, 6.07) is 57.8. The molecular formula is C46H27N3O. The van der Waals surface area contributed by atoms with Gasteiger partial charge in [0.15, 0.2) is 0 Å². The van der Waals surface area contributed by atoms with Crippen molar-refractivity contribution in [2.45, 2.75) is 0 Å². The van der Waals surface area contributed by atoms with E-state index < -0.39 is 0 Å². The van der Waals surface area contributed by atoms with Gasteiger partial charge in [0.05, 0.1) is 22.2 Å². The normalized spacial score (nSPS) is 12.0. The van der Waals surface area contributed by atoms with Crippen LogP contribution in [0.15, 0.2) is 168 Å². The van der Waals surface area contributed by atoms with E-state index in [2.05, 4.69) is 162 Å². The maximum absolute atomic E-state index is 6.50. The van der Waals surface area contributed by atoms with Gasteiger partial charge in [0.2, 0.25) is 5.95 Å². The number of furan rings is 1. The Bertz CT molecular complexity index is 3150. The Morgan fingerprint density at radius 2 is 1.10 bits per heavy atom. The van der Waals surface area contributed by atoms with Crippen LogP contribution in [-0.4, -0.2) is 14.5 Å². The van der Waals surface area contributed by atoms with E-state index in [4.69, 9.17) is 14.4 Å². The van der Waals surface area contributed by atoms with Crippen molar-refractivity contribution in [1.82, 2.24) is 14.5 Å². The topological polar surface area (TPSA) is 43.9 Å². The minimum Gasteiger partial charge on any atom is -0.456 e. The lowest BCUT2D eigenvalue weighted by atomic mass is 9.95. The smallest absolute Gasteiger partial charge is 0.235 e. The van der Waals surface area contributed by atoms with E-state index in [-0.39, 0.29) is 0 Å². The third-order valence-electron chi connectivity index (χ3n) is 10.2. The van der Waals surface area contributed by atoms with Crippen LogP contribution in [0.1, 0.15) is 0 Å². The molecule has 0 aliphatic heterocycles. The van der Waals surface area contributed by atoms with Crippen molar-refractivity contribution in [3.8, 4) is 28.3 Å². The van der Waals surface area contributed by atoms with Gasteiger partial charge in [0, 0.05) is 32.5 Å². The first-order valence-corrected chi connectivity index (χ1v) is 16.9. The number of rotatable bonds is 3. The molecule has 3 aromatic heterocycles. The highest BCUT2D eigenvalue weighted by molar-refractivity contribution is 6.24. The Balaban J connectivity index is 1.20. The summed E-state index contributed by atoms with van der Waals surface area (Å²) in [5, 5.41) is 10.4. The fourth-order valence-corrected chi connectivity index (χ4v) is 7.90. The summed E-state index contributed by atoms with van der Waals surface area (Å²) in [5.74, 6) is 0.634. The molecule has 0 saturated heterocycles. The van der Waals surface area contributed by atoms with Crippen molar-refractivity contribution in [1.29, 1.82) is 0 Å². The van der Waals surface area contributed by atoms with E-state index in [1.54, 1.807) is 0 Å². The quantitative estimate of drug-likeness (QED) is 0.194. The monoisotopic (exact) mass is 637 g/mol. The van der Waals surface area contributed by atoms with Crippen molar-refractivity contribution >= 4 is 76.2 Å². The average molecular weight is 638 g/mol. The van der Waals surface area contributed by atoms with Crippen molar-refractivity contribution in [2.24, 2.45) is 0 Å². The molecule has 11 rings (SSSR count). The Hall–Kier alpha value is -6.78. The molecular weight excluding hydrogens is 611 g/mol. The number of hydrogen-bond acceptors (Lipinski definition) is 3. The molecule has 0 atom stereocenters. The van der Waals surface area contributed by atoms with Gasteiger partial charge in [-0.05, 0) is 75.1 Å². The van der Waals surface area contributed by atoms with Gasteiger partial charge in [-0.3, -0.25) is 4.57 Å². The molecule has 0 aliphatic carbocycles. The van der Waals surface area contributed by atoms with Gasteiger partial charge in [-0.25, -0.2) is 9.97 Å². The van der Waals surface area contributed by atoms with E-state index in [1.165, 1.54) is 43.4 Å². The fraction of sp³-hybridized carbons (Fsp3) is 0. The van der Waals surface area contributed by atoms with Crippen LogP contribution in [0.4, 0.5) is 0 Å². The summed E-state index contributed by atoms with van der Waals surface area (Å²) < 4.78 is 8.74. The molecule has 0 unspecified atom stereocenters. The SMILES string of the molecule is c1ccc(-c2cc3c(c4ccccc24)c2ccccc2n3-c2nc(-c3ccc4c(c3)oc3cc5ccccc5cc34)c3ccccc3n2)cc1. The minimum absolute atomic E-state index is 0.634. The van der Waals surface area contributed by atoms with Gasteiger partial charge in [-0.1, -0.05) is 121 Å². The number of fused-ring (bicyclic) bond motifs is 10. The lowest BCUT2D eigenvalue weighted by molar-refractivity contribution is 0.669. The number of benzene rings is 8. The van der Waals surface area contributed by atoms with Crippen molar-refractivity contribution in [3.63, 3.8) is 0 Å². The second-order valence-corrected chi connectivity index (χ2v) is 13.0. The summed E-state index contributed by atoms with van der Waals surface area (Å²) in [7, 11) is 0. The molecule has 11 aromatic rings. The maximum atomic E-state index is 6.50. The van der Waals surface area contributed by atoms with Crippen LogP contribution in [0.25, 0.3) is 105 Å². The predicted molar refractivity (Wildman–Crippen MR) is 207 cm³/mol. The molecule has 0 amide bonds. The number of para-hydroxylation sites is 2. The summed E-state index contributed by atoms with van der Waals surface area (Å²) in [4.78, 5) is 10.7. The van der Waals surface area contributed by atoms with E-state index in [0.717, 1.165) is 55.1 Å². The van der Waals surface area contributed by atoms with Gasteiger partial charge in [-0.2, -0.15) is 0 Å². The first-order chi connectivity index (χ1) is 24.8. The van der Waals surface area contributed by atoms with Crippen LogP contribution >= 0.6 is 0 Å². The van der Waals surface area contributed by atoms with Gasteiger partial charge in [-0.15, -0.1) is 0 Å². The molecule has 232 valence electrons. The average Bonchev–Trinajstić information content (AvgIpc) is 3.71. The summed E-state index contributed by atoms with van der Waals surface area (Å²) in [6.07, 6.45) is 0.